The lowest BCUT2D eigenvalue weighted by Crippen LogP contribution is -2.25. The van der Waals surface area contributed by atoms with Crippen molar-refractivity contribution in [3.63, 3.8) is 0 Å². The molecular weight excluding hydrogens is 252 g/mol. The van der Waals surface area contributed by atoms with Crippen LogP contribution in [-0.4, -0.2) is 31.2 Å². The zero-order valence-electron chi connectivity index (χ0n) is 9.96. The van der Waals surface area contributed by atoms with Gasteiger partial charge in [-0.3, -0.25) is 0 Å². The first-order chi connectivity index (χ1) is 8.81. The molecule has 0 unspecified atom stereocenters. The molecule has 1 aliphatic rings. The Morgan fingerprint density at radius 1 is 1.28 bits per heavy atom. The average Bonchev–Trinajstić information content (AvgIpc) is 2.84. The second-order valence-electron chi connectivity index (χ2n) is 4.78. The van der Waals surface area contributed by atoms with E-state index in [1.807, 2.05) is 4.57 Å². The van der Waals surface area contributed by atoms with E-state index in [1.165, 1.54) is 19.2 Å². The van der Waals surface area contributed by atoms with Crippen LogP contribution < -0.4 is 0 Å². The minimum Gasteiger partial charge on any atom is -0.396 e. The summed E-state index contributed by atoms with van der Waals surface area (Å²) >= 11 is 6.00. The van der Waals surface area contributed by atoms with Crippen molar-refractivity contribution >= 4 is 22.8 Å². The van der Waals surface area contributed by atoms with Gasteiger partial charge in [0.25, 0.3) is 0 Å². The van der Waals surface area contributed by atoms with Crippen molar-refractivity contribution in [3.05, 3.63) is 17.8 Å². The zero-order valence-corrected chi connectivity index (χ0v) is 10.7. The predicted molar refractivity (Wildman–Crippen MR) is 68.4 cm³/mol. The first-order valence-corrected chi connectivity index (χ1v) is 6.63. The normalized spacial score (nSPS) is 24.6. The summed E-state index contributed by atoms with van der Waals surface area (Å²) in [4.78, 5) is 12.5. The molecule has 6 heteroatoms. The summed E-state index contributed by atoms with van der Waals surface area (Å²) in [6.45, 7) is 0.211. The van der Waals surface area contributed by atoms with Crippen molar-refractivity contribution in [3.8, 4) is 0 Å². The van der Waals surface area contributed by atoms with Crippen LogP contribution in [0.2, 0.25) is 5.15 Å². The smallest absolute Gasteiger partial charge is 0.165 e. The lowest BCUT2D eigenvalue weighted by molar-refractivity contribution is 0.140. The number of rotatable bonds is 2. The third-order valence-corrected chi connectivity index (χ3v) is 4.05. The summed E-state index contributed by atoms with van der Waals surface area (Å²) in [6.07, 6.45) is 7.70. The van der Waals surface area contributed by atoms with Gasteiger partial charge in [0.1, 0.15) is 11.8 Å². The van der Waals surface area contributed by atoms with Crippen LogP contribution in [0.1, 0.15) is 31.7 Å². The number of hydrogen-bond donors (Lipinski definition) is 1. The molecule has 0 spiro atoms. The second kappa shape index (κ2) is 4.82. The van der Waals surface area contributed by atoms with E-state index < -0.39 is 0 Å². The molecule has 0 bridgehead atoms. The summed E-state index contributed by atoms with van der Waals surface area (Å²) < 4.78 is 2.04. The van der Waals surface area contributed by atoms with Gasteiger partial charge in [-0.15, -0.1) is 0 Å². The van der Waals surface area contributed by atoms with Gasteiger partial charge in [-0.1, -0.05) is 24.4 Å². The van der Waals surface area contributed by atoms with Crippen molar-refractivity contribution in [1.29, 1.82) is 0 Å². The Hall–Kier alpha value is -1.20. The van der Waals surface area contributed by atoms with Crippen LogP contribution in [0.5, 0.6) is 0 Å². The second-order valence-corrected chi connectivity index (χ2v) is 5.14. The molecule has 2 heterocycles. The SMILES string of the molecule is OC[C@@H]1CCCC[C@H]1n1cnc2c(Cl)ncnc21. The molecule has 1 N–H and O–H groups in total. The Morgan fingerprint density at radius 2 is 2.11 bits per heavy atom. The molecule has 18 heavy (non-hydrogen) atoms. The lowest BCUT2D eigenvalue weighted by Gasteiger charge is -2.31. The van der Waals surface area contributed by atoms with Crippen molar-refractivity contribution < 1.29 is 5.11 Å². The van der Waals surface area contributed by atoms with Gasteiger partial charge in [0.05, 0.1) is 6.33 Å². The van der Waals surface area contributed by atoms with Gasteiger partial charge in [0.15, 0.2) is 10.8 Å². The summed E-state index contributed by atoms with van der Waals surface area (Å²) in [5.41, 5.74) is 1.40. The topological polar surface area (TPSA) is 63.8 Å². The van der Waals surface area contributed by atoms with Crippen LogP contribution in [-0.2, 0) is 0 Å². The molecule has 2 aromatic rings. The van der Waals surface area contributed by atoms with Gasteiger partial charge >= 0.3 is 0 Å². The molecule has 0 amide bonds. The van der Waals surface area contributed by atoms with Crippen molar-refractivity contribution in [2.24, 2.45) is 5.92 Å². The van der Waals surface area contributed by atoms with Gasteiger partial charge in [0.2, 0.25) is 0 Å². The molecule has 2 atom stereocenters. The lowest BCUT2D eigenvalue weighted by atomic mass is 9.85. The fourth-order valence-electron chi connectivity index (χ4n) is 2.83. The van der Waals surface area contributed by atoms with Gasteiger partial charge in [0, 0.05) is 18.6 Å². The largest absolute Gasteiger partial charge is 0.396 e. The van der Waals surface area contributed by atoms with Gasteiger partial charge < -0.3 is 9.67 Å². The van der Waals surface area contributed by atoms with E-state index in [1.54, 1.807) is 6.33 Å². The highest BCUT2D eigenvalue weighted by Gasteiger charge is 2.27. The Bertz CT molecular complexity index is 556. The highest BCUT2D eigenvalue weighted by atomic mass is 35.5. The van der Waals surface area contributed by atoms with E-state index >= 15 is 0 Å². The van der Waals surface area contributed by atoms with E-state index in [0.717, 1.165) is 18.5 Å². The highest BCUT2D eigenvalue weighted by Crippen LogP contribution is 2.35. The van der Waals surface area contributed by atoms with Crippen LogP contribution in [0.25, 0.3) is 11.2 Å². The molecule has 3 rings (SSSR count). The molecule has 96 valence electrons. The minimum absolute atomic E-state index is 0.211. The fourth-order valence-corrected chi connectivity index (χ4v) is 3.01. The maximum absolute atomic E-state index is 9.49. The quantitative estimate of drug-likeness (QED) is 0.847. The fraction of sp³-hybridized carbons (Fsp3) is 0.583. The highest BCUT2D eigenvalue weighted by molar-refractivity contribution is 6.33. The average molecular weight is 267 g/mol. The van der Waals surface area contributed by atoms with Crippen molar-refractivity contribution in [2.45, 2.75) is 31.7 Å². The number of fused-ring (bicyclic) bond motifs is 1. The standard InChI is InChI=1S/C12H15ClN4O/c13-11-10-12(15-6-14-11)17(7-16-10)9-4-2-1-3-8(9)5-18/h6-9,18H,1-5H2/t8-,9+/m0/s1. The van der Waals surface area contributed by atoms with Crippen LogP contribution in [0.4, 0.5) is 0 Å². The Morgan fingerprint density at radius 3 is 2.94 bits per heavy atom. The first kappa shape index (κ1) is 11.9. The molecular formula is C12H15ClN4O. The Kier molecular flexibility index (Phi) is 3.18. The van der Waals surface area contributed by atoms with Gasteiger partial charge in [-0.25, -0.2) is 15.0 Å². The summed E-state index contributed by atoms with van der Waals surface area (Å²) in [7, 11) is 0. The maximum atomic E-state index is 9.49. The van der Waals surface area contributed by atoms with Crippen LogP contribution >= 0.6 is 11.6 Å². The molecule has 1 aliphatic carbocycles. The van der Waals surface area contributed by atoms with Crippen LogP contribution in [0, 0.1) is 5.92 Å². The monoisotopic (exact) mass is 266 g/mol. The molecule has 0 aromatic carbocycles. The number of nitrogens with zero attached hydrogens (tertiary/aromatic N) is 4. The van der Waals surface area contributed by atoms with E-state index in [2.05, 4.69) is 15.0 Å². The molecule has 1 fully saturated rings. The third-order valence-electron chi connectivity index (χ3n) is 3.77. The molecule has 0 radical (unpaired) electrons. The number of aliphatic hydroxyl groups excluding tert-OH is 1. The molecule has 0 aliphatic heterocycles. The Balaban J connectivity index is 2.05. The molecule has 0 saturated heterocycles. The number of aliphatic hydroxyl groups is 1. The van der Waals surface area contributed by atoms with Crippen molar-refractivity contribution in [2.75, 3.05) is 6.61 Å². The summed E-state index contributed by atoms with van der Waals surface area (Å²) in [5, 5.41) is 9.88. The zero-order chi connectivity index (χ0) is 12.5. The van der Waals surface area contributed by atoms with Gasteiger partial charge in [-0.2, -0.15) is 0 Å². The van der Waals surface area contributed by atoms with Crippen molar-refractivity contribution in [1.82, 2.24) is 19.5 Å². The van der Waals surface area contributed by atoms with E-state index in [0.29, 0.717) is 10.7 Å². The van der Waals surface area contributed by atoms with Crippen LogP contribution in [0.3, 0.4) is 0 Å². The van der Waals surface area contributed by atoms with Gasteiger partial charge in [-0.05, 0) is 12.8 Å². The summed E-state index contributed by atoms with van der Waals surface area (Å²) in [6, 6.07) is 0.264. The maximum Gasteiger partial charge on any atom is 0.165 e. The van der Waals surface area contributed by atoms with E-state index in [4.69, 9.17) is 11.6 Å². The molecule has 1 saturated carbocycles. The number of aromatic nitrogens is 4. The molecule has 5 nitrogen and oxygen atoms in total. The molecule has 2 aromatic heterocycles. The summed E-state index contributed by atoms with van der Waals surface area (Å²) in [5.74, 6) is 0.282. The number of imidazole rings is 1. The third kappa shape index (κ3) is 1.87. The number of hydrogen-bond acceptors (Lipinski definition) is 4. The minimum atomic E-state index is 0.211. The van der Waals surface area contributed by atoms with Crippen LogP contribution in [0.15, 0.2) is 12.7 Å². The number of halogens is 1. The Labute approximate surface area is 110 Å². The predicted octanol–water partition coefficient (Wildman–Crippen LogP) is 2.20. The first-order valence-electron chi connectivity index (χ1n) is 6.25. The van der Waals surface area contributed by atoms with E-state index in [9.17, 15) is 5.11 Å². The van der Waals surface area contributed by atoms with E-state index in [-0.39, 0.29) is 18.6 Å².